The molecule has 0 spiro atoms. The molecule has 1 saturated carbocycles. The van der Waals surface area contributed by atoms with Crippen molar-refractivity contribution in [2.75, 3.05) is 19.6 Å². The SMILES string of the molecule is CCCNC(C)CCN1CCCC1C1CCCC1. The van der Waals surface area contributed by atoms with Crippen LogP contribution < -0.4 is 5.32 Å². The fourth-order valence-corrected chi connectivity index (χ4v) is 3.86. The van der Waals surface area contributed by atoms with Crippen LogP contribution in [-0.2, 0) is 0 Å². The zero-order chi connectivity index (χ0) is 12.8. The minimum absolute atomic E-state index is 0.690. The molecule has 18 heavy (non-hydrogen) atoms. The van der Waals surface area contributed by atoms with E-state index in [4.69, 9.17) is 0 Å². The predicted octanol–water partition coefficient (Wildman–Crippen LogP) is 3.42. The van der Waals surface area contributed by atoms with Crippen molar-refractivity contribution >= 4 is 0 Å². The third-order valence-electron chi connectivity index (χ3n) is 4.95. The molecular formula is C16H32N2. The molecule has 2 fully saturated rings. The molecule has 106 valence electrons. The highest BCUT2D eigenvalue weighted by Crippen LogP contribution is 2.35. The van der Waals surface area contributed by atoms with Gasteiger partial charge in [0.1, 0.15) is 0 Å². The number of hydrogen-bond donors (Lipinski definition) is 1. The Hall–Kier alpha value is -0.0800. The van der Waals surface area contributed by atoms with Crippen LogP contribution in [0.15, 0.2) is 0 Å². The number of hydrogen-bond acceptors (Lipinski definition) is 2. The molecule has 2 heteroatoms. The van der Waals surface area contributed by atoms with Crippen molar-refractivity contribution in [2.24, 2.45) is 5.92 Å². The van der Waals surface area contributed by atoms with E-state index in [0.717, 1.165) is 12.0 Å². The molecule has 2 rings (SSSR count). The maximum atomic E-state index is 3.61. The fourth-order valence-electron chi connectivity index (χ4n) is 3.86. The molecule has 2 atom stereocenters. The zero-order valence-electron chi connectivity index (χ0n) is 12.5. The first-order chi connectivity index (χ1) is 8.81. The van der Waals surface area contributed by atoms with Crippen LogP contribution in [0, 0.1) is 5.92 Å². The highest BCUT2D eigenvalue weighted by Gasteiger charge is 2.32. The van der Waals surface area contributed by atoms with E-state index in [1.54, 1.807) is 0 Å². The van der Waals surface area contributed by atoms with Crippen LogP contribution in [-0.4, -0.2) is 36.6 Å². The maximum Gasteiger partial charge on any atom is 0.0124 e. The van der Waals surface area contributed by atoms with E-state index in [-0.39, 0.29) is 0 Å². The van der Waals surface area contributed by atoms with Crippen LogP contribution in [0.25, 0.3) is 0 Å². The minimum atomic E-state index is 0.690. The summed E-state index contributed by atoms with van der Waals surface area (Å²) in [6.45, 7) is 8.44. The van der Waals surface area contributed by atoms with Crippen molar-refractivity contribution in [1.82, 2.24) is 10.2 Å². The summed E-state index contributed by atoms with van der Waals surface area (Å²) in [6.07, 6.45) is 11.5. The van der Waals surface area contributed by atoms with E-state index < -0.39 is 0 Å². The smallest absolute Gasteiger partial charge is 0.0124 e. The summed E-state index contributed by atoms with van der Waals surface area (Å²) in [7, 11) is 0. The van der Waals surface area contributed by atoms with Gasteiger partial charge < -0.3 is 10.2 Å². The molecule has 0 aromatic carbocycles. The van der Waals surface area contributed by atoms with E-state index in [9.17, 15) is 0 Å². The molecule has 1 heterocycles. The molecule has 2 unspecified atom stereocenters. The molecular weight excluding hydrogens is 220 g/mol. The van der Waals surface area contributed by atoms with Crippen LogP contribution in [0.4, 0.5) is 0 Å². The molecule has 1 aliphatic heterocycles. The van der Waals surface area contributed by atoms with Gasteiger partial charge >= 0.3 is 0 Å². The molecule has 2 aliphatic rings. The molecule has 0 radical (unpaired) electrons. The normalized spacial score (nSPS) is 28.0. The van der Waals surface area contributed by atoms with Crippen molar-refractivity contribution in [3.05, 3.63) is 0 Å². The highest BCUT2D eigenvalue weighted by atomic mass is 15.2. The Labute approximate surface area is 114 Å². The molecule has 2 nitrogen and oxygen atoms in total. The summed E-state index contributed by atoms with van der Waals surface area (Å²) in [5.41, 5.74) is 0. The van der Waals surface area contributed by atoms with E-state index in [1.165, 1.54) is 71.0 Å². The Balaban J connectivity index is 1.70. The number of nitrogens with one attached hydrogen (secondary N) is 1. The highest BCUT2D eigenvalue weighted by molar-refractivity contribution is 4.87. The van der Waals surface area contributed by atoms with E-state index >= 15 is 0 Å². The quantitative estimate of drug-likeness (QED) is 0.747. The van der Waals surface area contributed by atoms with Crippen LogP contribution in [0.5, 0.6) is 0 Å². The summed E-state index contributed by atoms with van der Waals surface area (Å²) in [5, 5.41) is 3.61. The first-order valence-electron chi connectivity index (χ1n) is 8.28. The molecule has 1 saturated heterocycles. The molecule has 0 aromatic heterocycles. The van der Waals surface area contributed by atoms with Gasteiger partial charge in [-0.25, -0.2) is 0 Å². The third kappa shape index (κ3) is 3.96. The van der Waals surface area contributed by atoms with Gasteiger partial charge in [-0.3, -0.25) is 0 Å². The summed E-state index contributed by atoms with van der Waals surface area (Å²) in [4.78, 5) is 2.81. The lowest BCUT2D eigenvalue weighted by Crippen LogP contribution is -2.38. The van der Waals surface area contributed by atoms with Gasteiger partial charge in [0.15, 0.2) is 0 Å². The number of likely N-dealkylation sites (tertiary alicyclic amines) is 1. The maximum absolute atomic E-state index is 3.61. The van der Waals surface area contributed by atoms with Gasteiger partial charge in [0.25, 0.3) is 0 Å². The van der Waals surface area contributed by atoms with E-state index in [2.05, 4.69) is 24.1 Å². The van der Waals surface area contributed by atoms with Crippen LogP contribution in [0.3, 0.4) is 0 Å². The standard InChI is InChI=1S/C16H32N2/c1-3-11-17-14(2)10-13-18-12-6-9-16(18)15-7-4-5-8-15/h14-17H,3-13H2,1-2H3. The lowest BCUT2D eigenvalue weighted by Gasteiger charge is -2.30. The number of rotatable bonds is 7. The second kappa shape index (κ2) is 7.49. The zero-order valence-corrected chi connectivity index (χ0v) is 12.5. The van der Waals surface area contributed by atoms with Crippen molar-refractivity contribution in [1.29, 1.82) is 0 Å². The Morgan fingerprint density at radius 2 is 1.94 bits per heavy atom. The summed E-state index contributed by atoms with van der Waals surface area (Å²) < 4.78 is 0. The second-order valence-electron chi connectivity index (χ2n) is 6.43. The monoisotopic (exact) mass is 252 g/mol. The van der Waals surface area contributed by atoms with Gasteiger partial charge in [-0.05, 0) is 71.0 Å². The van der Waals surface area contributed by atoms with Crippen LogP contribution >= 0.6 is 0 Å². The Morgan fingerprint density at radius 3 is 2.67 bits per heavy atom. The molecule has 0 aromatic rings. The largest absolute Gasteiger partial charge is 0.314 e. The van der Waals surface area contributed by atoms with Gasteiger partial charge in [0.2, 0.25) is 0 Å². The average Bonchev–Trinajstić information content (AvgIpc) is 3.03. The van der Waals surface area contributed by atoms with Crippen LogP contribution in [0.2, 0.25) is 0 Å². The number of nitrogens with zero attached hydrogens (tertiary/aromatic N) is 1. The lowest BCUT2D eigenvalue weighted by atomic mass is 9.96. The van der Waals surface area contributed by atoms with Crippen LogP contribution in [0.1, 0.15) is 65.2 Å². The fraction of sp³-hybridized carbons (Fsp3) is 1.00. The summed E-state index contributed by atoms with van der Waals surface area (Å²) in [6, 6.07) is 1.63. The molecule has 1 N–H and O–H groups in total. The second-order valence-corrected chi connectivity index (χ2v) is 6.43. The minimum Gasteiger partial charge on any atom is -0.314 e. The average molecular weight is 252 g/mol. The summed E-state index contributed by atoms with van der Waals surface area (Å²) in [5.74, 6) is 1.03. The van der Waals surface area contributed by atoms with Crippen molar-refractivity contribution in [3.8, 4) is 0 Å². The summed E-state index contributed by atoms with van der Waals surface area (Å²) >= 11 is 0. The van der Waals surface area contributed by atoms with Gasteiger partial charge in [-0.2, -0.15) is 0 Å². The van der Waals surface area contributed by atoms with Crippen molar-refractivity contribution in [2.45, 2.75) is 77.3 Å². The Kier molecular flexibility index (Phi) is 5.97. The topological polar surface area (TPSA) is 15.3 Å². The van der Waals surface area contributed by atoms with Gasteiger partial charge in [-0.15, -0.1) is 0 Å². The van der Waals surface area contributed by atoms with Gasteiger partial charge in [0, 0.05) is 12.1 Å². The molecule has 1 aliphatic carbocycles. The lowest BCUT2D eigenvalue weighted by molar-refractivity contribution is 0.183. The van der Waals surface area contributed by atoms with Gasteiger partial charge in [-0.1, -0.05) is 19.8 Å². The van der Waals surface area contributed by atoms with Crippen molar-refractivity contribution in [3.63, 3.8) is 0 Å². The first-order valence-corrected chi connectivity index (χ1v) is 8.28. The predicted molar refractivity (Wildman–Crippen MR) is 78.9 cm³/mol. The Bertz CT molecular complexity index is 223. The van der Waals surface area contributed by atoms with E-state index in [0.29, 0.717) is 6.04 Å². The van der Waals surface area contributed by atoms with E-state index in [1.807, 2.05) is 0 Å². The molecule has 0 bridgehead atoms. The van der Waals surface area contributed by atoms with Crippen molar-refractivity contribution < 1.29 is 0 Å². The Morgan fingerprint density at radius 1 is 1.17 bits per heavy atom. The first kappa shape index (κ1) is 14.3. The molecule has 0 amide bonds. The van der Waals surface area contributed by atoms with Gasteiger partial charge in [0.05, 0.1) is 0 Å². The third-order valence-corrected chi connectivity index (χ3v) is 4.95.